The van der Waals surface area contributed by atoms with Gasteiger partial charge in [0.2, 0.25) is 0 Å². The zero-order valence-corrected chi connectivity index (χ0v) is 12.7. The first-order chi connectivity index (χ1) is 8.60. The maximum Gasteiger partial charge on any atom is 0.0104 e. The van der Waals surface area contributed by atoms with Gasteiger partial charge in [0.25, 0.3) is 0 Å². The van der Waals surface area contributed by atoms with E-state index in [9.17, 15) is 0 Å². The third kappa shape index (κ3) is 4.55. The van der Waals surface area contributed by atoms with Crippen molar-refractivity contribution in [1.29, 1.82) is 0 Å². The van der Waals surface area contributed by atoms with Gasteiger partial charge in [-0.3, -0.25) is 0 Å². The summed E-state index contributed by atoms with van der Waals surface area (Å²) in [6, 6.07) is 0.856. The highest BCUT2D eigenvalue weighted by molar-refractivity contribution is 4.88. The van der Waals surface area contributed by atoms with Gasteiger partial charge >= 0.3 is 0 Å². The molecule has 0 amide bonds. The molecule has 0 spiro atoms. The predicted octanol–water partition coefficient (Wildman–Crippen LogP) is 3.28. The Balaban J connectivity index is 1.72. The predicted molar refractivity (Wildman–Crippen MR) is 78.9 cm³/mol. The first-order valence-corrected chi connectivity index (χ1v) is 8.02. The van der Waals surface area contributed by atoms with Crippen LogP contribution in [0.25, 0.3) is 0 Å². The third-order valence-electron chi connectivity index (χ3n) is 4.61. The molecule has 2 rings (SSSR count). The Morgan fingerprint density at radius 3 is 2.44 bits per heavy atom. The second kappa shape index (κ2) is 6.38. The van der Waals surface area contributed by atoms with Crippen molar-refractivity contribution in [3.05, 3.63) is 0 Å². The molecule has 0 saturated heterocycles. The second-order valence-electron chi connectivity index (χ2n) is 7.27. The minimum Gasteiger partial charge on any atom is -0.313 e. The highest BCUT2D eigenvalue weighted by Crippen LogP contribution is 2.43. The van der Waals surface area contributed by atoms with E-state index in [4.69, 9.17) is 0 Å². The SMILES string of the molecule is CC(C)CC1(CN(C)CCNC2CC2)CCCC1. The van der Waals surface area contributed by atoms with Crippen molar-refractivity contribution in [1.82, 2.24) is 10.2 Å². The maximum atomic E-state index is 3.62. The fraction of sp³-hybridized carbons (Fsp3) is 1.00. The molecular formula is C16H32N2. The summed E-state index contributed by atoms with van der Waals surface area (Å²) in [5, 5.41) is 3.62. The van der Waals surface area contributed by atoms with Gasteiger partial charge in [-0.2, -0.15) is 0 Å². The number of rotatable bonds is 8. The molecule has 2 nitrogen and oxygen atoms in total. The van der Waals surface area contributed by atoms with Crippen LogP contribution in [0.4, 0.5) is 0 Å². The van der Waals surface area contributed by atoms with Gasteiger partial charge in [-0.05, 0) is 50.5 Å². The molecule has 0 aromatic rings. The Hall–Kier alpha value is -0.0800. The number of hydrogen-bond acceptors (Lipinski definition) is 2. The summed E-state index contributed by atoms with van der Waals surface area (Å²) in [5.74, 6) is 0.848. The zero-order valence-electron chi connectivity index (χ0n) is 12.7. The lowest BCUT2D eigenvalue weighted by Crippen LogP contribution is -2.38. The molecule has 2 saturated carbocycles. The highest BCUT2D eigenvalue weighted by atomic mass is 15.1. The third-order valence-corrected chi connectivity index (χ3v) is 4.61. The molecule has 0 unspecified atom stereocenters. The topological polar surface area (TPSA) is 15.3 Å². The lowest BCUT2D eigenvalue weighted by atomic mass is 9.78. The second-order valence-corrected chi connectivity index (χ2v) is 7.27. The van der Waals surface area contributed by atoms with Gasteiger partial charge in [0, 0.05) is 25.7 Å². The first kappa shape index (κ1) is 14.3. The lowest BCUT2D eigenvalue weighted by Gasteiger charge is -2.35. The van der Waals surface area contributed by atoms with E-state index >= 15 is 0 Å². The Kier molecular flexibility index (Phi) is 5.08. The Morgan fingerprint density at radius 2 is 1.89 bits per heavy atom. The van der Waals surface area contributed by atoms with E-state index in [1.165, 1.54) is 64.6 Å². The average molecular weight is 252 g/mol. The lowest BCUT2D eigenvalue weighted by molar-refractivity contribution is 0.148. The summed E-state index contributed by atoms with van der Waals surface area (Å²) < 4.78 is 0. The van der Waals surface area contributed by atoms with Crippen molar-refractivity contribution in [2.24, 2.45) is 11.3 Å². The van der Waals surface area contributed by atoms with Crippen molar-refractivity contribution < 1.29 is 0 Å². The van der Waals surface area contributed by atoms with Crippen LogP contribution in [-0.2, 0) is 0 Å². The van der Waals surface area contributed by atoms with Crippen LogP contribution in [-0.4, -0.2) is 37.6 Å². The molecular weight excluding hydrogens is 220 g/mol. The van der Waals surface area contributed by atoms with Crippen LogP contribution in [0.5, 0.6) is 0 Å². The summed E-state index contributed by atoms with van der Waals surface area (Å²) in [4.78, 5) is 2.57. The van der Waals surface area contributed by atoms with Gasteiger partial charge in [-0.25, -0.2) is 0 Å². The summed E-state index contributed by atoms with van der Waals surface area (Å²) in [5.41, 5.74) is 0.641. The largest absolute Gasteiger partial charge is 0.313 e. The molecule has 2 heteroatoms. The Morgan fingerprint density at radius 1 is 1.22 bits per heavy atom. The van der Waals surface area contributed by atoms with Crippen LogP contribution in [0, 0.1) is 11.3 Å². The number of hydrogen-bond donors (Lipinski definition) is 1. The van der Waals surface area contributed by atoms with Crippen molar-refractivity contribution in [3.63, 3.8) is 0 Å². The zero-order chi connectivity index (χ0) is 13.0. The summed E-state index contributed by atoms with van der Waals surface area (Å²) in [6.45, 7) is 8.48. The Bertz CT molecular complexity index is 239. The average Bonchev–Trinajstić information content (AvgIpc) is 2.99. The fourth-order valence-electron chi connectivity index (χ4n) is 3.82. The molecule has 0 aromatic heterocycles. The van der Waals surface area contributed by atoms with Gasteiger partial charge < -0.3 is 10.2 Å². The first-order valence-electron chi connectivity index (χ1n) is 8.02. The molecule has 106 valence electrons. The van der Waals surface area contributed by atoms with E-state index in [1.54, 1.807) is 0 Å². The van der Waals surface area contributed by atoms with Crippen LogP contribution in [0.1, 0.15) is 58.8 Å². The van der Waals surface area contributed by atoms with Crippen LogP contribution >= 0.6 is 0 Å². The highest BCUT2D eigenvalue weighted by Gasteiger charge is 2.35. The molecule has 2 aliphatic carbocycles. The van der Waals surface area contributed by atoms with Crippen LogP contribution in [0.15, 0.2) is 0 Å². The normalized spacial score (nSPS) is 23.2. The van der Waals surface area contributed by atoms with Crippen molar-refractivity contribution in [2.45, 2.75) is 64.8 Å². The van der Waals surface area contributed by atoms with E-state index in [2.05, 4.69) is 31.1 Å². The molecule has 0 heterocycles. The molecule has 2 aliphatic rings. The molecule has 0 atom stereocenters. The van der Waals surface area contributed by atoms with Crippen molar-refractivity contribution >= 4 is 0 Å². The molecule has 0 radical (unpaired) electrons. The van der Waals surface area contributed by atoms with E-state index < -0.39 is 0 Å². The van der Waals surface area contributed by atoms with Crippen LogP contribution < -0.4 is 5.32 Å². The molecule has 0 bridgehead atoms. The minimum absolute atomic E-state index is 0.641. The number of nitrogens with zero attached hydrogens (tertiary/aromatic N) is 1. The standard InChI is InChI=1S/C16H32N2/c1-14(2)12-16(8-4-5-9-16)13-18(3)11-10-17-15-6-7-15/h14-15,17H,4-13H2,1-3H3. The molecule has 1 N–H and O–H groups in total. The Labute approximate surface area is 114 Å². The van der Waals surface area contributed by atoms with E-state index in [1.807, 2.05) is 0 Å². The number of likely N-dealkylation sites (N-methyl/N-ethyl adjacent to an activating group) is 1. The minimum atomic E-state index is 0.641. The van der Waals surface area contributed by atoms with E-state index in [0.29, 0.717) is 5.41 Å². The number of nitrogens with one attached hydrogen (secondary N) is 1. The van der Waals surface area contributed by atoms with Crippen LogP contribution in [0.2, 0.25) is 0 Å². The van der Waals surface area contributed by atoms with E-state index in [0.717, 1.165) is 12.0 Å². The smallest absolute Gasteiger partial charge is 0.0104 e. The van der Waals surface area contributed by atoms with Gasteiger partial charge in [-0.1, -0.05) is 26.7 Å². The monoisotopic (exact) mass is 252 g/mol. The van der Waals surface area contributed by atoms with Gasteiger partial charge in [0.1, 0.15) is 0 Å². The van der Waals surface area contributed by atoms with Gasteiger partial charge in [-0.15, -0.1) is 0 Å². The molecule has 0 aromatic carbocycles. The summed E-state index contributed by atoms with van der Waals surface area (Å²) in [6.07, 6.45) is 10.1. The van der Waals surface area contributed by atoms with E-state index in [-0.39, 0.29) is 0 Å². The summed E-state index contributed by atoms with van der Waals surface area (Å²) in [7, 11) is 2.31. The van der Waals surface area contributed by atoms with Crippen molar-refractivity contribution in [2.75, 3.05) is 26.7 Å². The van der Waals surface area contributed by atoms with Gasteiger partial charge in [0.05, 0.1) is 0 Å². The van der Waals surface area contributed by atoms with Crippen LogP contribution in [0.3, 0.4) is 0 Å². The van der Waals surface area contributed by atoms with Gasteiger partial charge in [0.15, 0.2) is 0 Å². The maximum absolute atomic E-state index is 3.62. The van der Waals surface area contributed by atoms with Crippen molar-refractivity contribution in [3.8, 4) is 0 Å². The molecule has 18 heavy (non-hydrogen) atoms. The molecule has 0 aliphatic heterocycles. The fourth-order valence-corrected chi connectivity index (χ4v) is 3.82. The quantitative estimate of drug-likeness (QED) is 0.713. The summed E-state index contributed by atoms with van der Waals surface area (Å²) >= 11 is 0. The molecule has 2 fully saturated rings.